The first-order valence-electron chi connectivity index (χ1n) is 7.47. The third kappa shape index (κ3) is 4.00. The van der Waals surface area contributed by atoms with Crippen LogP contribution in [0.1, 0.15) is 34.6 Å². The lowest BCUT2D eigenvalue weighted by atomic mass is 9.91. The molecular formula is C15H26BrNO4Si. The van der Waals surface area contributed by atoms with Crippen molar-refractivity contribution in [3.05, 3.63) is 10.2 Å². The molecule has 22 heavy (non-hydrogen) atoms. The number of β-lactam (4-membered cyclic amide) rings is 1. The fourth-order valence-corrected chi connectivity index (χ4v) is 3.87. The van der Waals surface area contributed by atoms with E-state index in [1.165, 1.54) is 0 Å². The molecule has 1 fully saturated rings. The van der Waals surface area contributed by atoms with Crippen molar-refractivity contribution in [2.24, 2.45) is 5.92 Å². The summed E-state index contributed by atoms with van der Waals surface area (Å²) >= 11 is 3.22. The van der Waals surface area contributed by atoms with E-state index in [-0.39, 0.29) is 28.1 Å². The van der Waals surface area contributed by atoms with Gasteiger partial charge < -0.3 is 14.5 Å². The quantitative estimate of drug-likeness (QED) is 0.337. The summed E-state index contributed by atoms with van der Waals surface area (Å²) in [6.07, 6.45) is -0.286. The van der Waals surface area contributed by atoms with E-state index in [9.17, 15) is 9.59 Å². The van der Waals surface area contributed by atoms with Gasteiger partial charge in [0.25, 0.3) is 0 Å². The van der Waals surface area contributed by atoms with Gasteiger partial charge in [0.05, 0.1) is 18.4 Å². The third-order valence-corrected chi connectivity index (χ3v) is 9.62. The van der Waals surface area contributed by atoms with Crippen LogP contribution >= 0.6 is 15.9 Å². The van der Waals surface area contributed by atoms with E-state index in [2.05, 4.69) is 55.1 Å². The van der Waals surface area contributed by atoms with Crippen molar-refractivity contribution in [2.75, 3.05) is 6.61 Å². The highest BCUT2D eigenvalue weighted by molar-refractivity contribution is 9.12. The van der Waals surface area contributed by atoms with Crippen LogP contribution in [0.15, 0.2) is 10.2 Å². The van der Waals surface area contributed by atoms with Crippen LogP contribution in [0.2, 0.25) is 18.1 Å². The van der Waals surface area contributed by atoms with E-state index in [1.54, 1.807) is 6.92 Å². The van der Waals surface area contributed by atoms with E-state index in [4.69, 9.17) is 9.16 Å². The third-order valence-electron chi connectivity index (χ3n) is 4.30. The highest BCUT2D eigenvalue weighted by Crippen LogP contribution is 2.40. The number of hydrogen-bond acceptors (Lipinski definition) is 4. The molecule has 1 saturated heterocycles. The van der Waals surface area contributed by atoms with E-state index >= 15 is 0 Å². The predicted octanol–water partition coefficient (Wildman–Crippen LogP) is 3.31. The first kappa shape index (κ1) is 19.4. The molecule has 7 heteroatoms. The van der Waals surface area contributed by atoms with Gasteiger partial charge in [0, 0.05) is 0 Å². The lowest BCUT2D eigenvalue weighted by Crippen LogP contribution is -2.55. The number of amides is 1. The fourth-order valence-electron chi connectivity index (χ4n) is 1.99. The molecule has 2 atom stereocenters. The molecule has 0 saturated carbocycles. The summed E-state index contributed by atoms with van der Waals surface area (Å²) in [5.74, 6) is -1.04. The summed E-state index contributed by atoms with van der Waals surface area (Å²) in [5, 5.41) is 2.73. The van der Waals surface area contributed by atoms with Crippen LogP contribution < -0.4 is 5.32 Å². The molecule has 1 heterocycles. The maximum absolute atomic E-state index is 11.9. The van der Waals surface area contributed by atoms with Crippen LogP contribution in [0.3, 0.4) is 0 Å². The minimum absolute atomic E-state index is 0.0593. The summed E-state index contributed by atoms with van der Waals surface area (Å²) in [6, 6.07) is 0. The van der Waals surface area contributed by atoms with Crippen molar-refractivity contribution in [3.63, 3.8) is 0 Å². The van der Waals surface area contributed by atoms with E-state index < -0.39 is 20.2 Å². The number of nitrogens with one attached hydrogen (secondary N) is 1. The molecule has 1 aliphatic heterocycles. The number of carbonyl (C=O) groups excluding carboxylic acids is 2. The molecule has 0 aromatic heterocycles. The SMILES string of the molecule is CCOC(=O)/C(Br)=C1/NC(=O)[C@@H]1[C@@H](C)O[Si](C)(C)C(C)(C)C. The zero-order valence-corrected chi connectivity index (χ0v) is 17.0. The van der Waals surface area contributed by atoms with Crippen molar-refractivity contribution in [1.82, 2.24) is 5.32 Å². The average Bonchev–Trinajstić information content (AvgIpc) is 2.32. The topological polar surface area (TPSA) is 64.6 Å². The Morgan fingerprint density at radius 2 is 1.95 bits per heavy atom. The van der Waals surface area contributed by atoms with Crippen molar-refractivity contribution >= 4 is 36.1 Å². The molecule has 0 unspecified atom stereocenters. The summed E-state index contributed by atoms with van der Waals surface area (Å²) < 4.78 is 11.5. The van der Waals surface area contributed by atoms with Crippen molar-refractivity contribution in [2.45, 2.75) is 58.9 Å². The monoisotopic (exact) mass is 391 g/mol. The Bertz CT molecular complexity index is 496. The standard InChI is InChI=1S/C15H26BrNO4Si/c1-8-20-14(19)11(16)12-10(13(18)17-12)9(2)21-22(6,7)15(3,4)5/h9-10H,8H2,1-7H3,(H,17,18)/b12-11-/t9-,10-/m1/s1. The van der Waals surface area contributed by atoms with E-state index in [1.807, 2.05) is 6.92 Å². The number of ether oxygens (including phenoxy) is 1. The fraction of sp³-hybridized carbons (Fsp3) is 0.733. The zero-order valence-electron chi connectivity index (χ0n) is 14.4. The second-order valence-electron chi connectivity index (χ2n) is 7.00. The van der Waals surface area contributed by atoms with Crippen molar-refractivity contribution < 1.29 is 18.8 Å². The molecule has 5 nitrogen and oxygen atoms in total. The Balaban J connectivity index is 2.92. The van der Waals surface area contributed by atoms with Crippen LogP contribution in [0.4, 0.5) is 0 Å². The largest absolute Gasteiger partial charge is 0.462 e. The number of esters is 1. The van der Waals surface area contributed by atoms with Crippen LogP contribution in [-0.2, 0) is 18.8 Å². The highest BCUT2D eigenvalue weighted by atomic mass is 79.9. The maximum atomic E-state index is 11.9. The van der Waals surface area contributed by atoms with Gasteiger partial charge in [-0.05, 0) is 47.9 Å². The zero-order chi connectivity index (χ0) is 17.3. The van der Waals surface area contributed by atoms with Gasteiger partial charge in [-0.3, -0.25) is 4.79 Å². The highest BCUT2D eigenvalue weighted by Gasteiger charge is 2.46. The van der Waals surface area contributed by atoms with Crippen LogP contribution in [0.25, 0.3) is 0 Å². The molecule has 1 aliphatic rings. The van der Waals surface area contributed by atoms with Gasteiger partial charge in [-0.15, -0.1) is 0 Å². The molecule has 1 N–H and O–H groups in total. The lowest BCUT2D eigenvalue weighted by molar-refractivity contribution is -0.138. The molecule has 1 amide bonds. The lowest BCUT2D eigenvalue weighted by Gasteiger charge is -2.43. The second-order valence-corrected chi connectivity index (χ2v) is 12.5. The van der Waals surface area contributed by atoms with Crippen molar-refractivity contribution in [3.8, 4) is 0 Å². The smallest absolute Gasteiger partial charge is 0.347 e. The van der Waals surface area contributed by atoms with Gasteiger partial charge in [-0.2, -0.15) is 0 Å². The van der Waals surface area contributed by atoms with Gasteiger partial charge in [0.1, 0.15) is 10.4 Å². The number of hydrogen-bond donors (Lipinski definition) is 1. The molecule has 0 aromatic carbocycles. The van der Waals surface area contributed by atoms with Crippen LogP contribution in [0.5, 0.6) is 0 Å². The first-order chi connectivity index (χ1) is 9.92. The predicted molar refractivity (Wildman–Crippen MR) is 92.0 cm³/mol. The normalized spacial score (nSPS) is 22.5. The molecule has 0 spiro atoms. The molecule has 0 aliphatic carbocycles. The van der Waals surface area contributed by atoms with E-state index in [0.29, 0.717) is 5.70 Å². The van der Waals surface area contributed by atoms with Gasteiger partial charge in [-0.1, -0.05) is 20.8 Å². The molecule has 1 rings (SSSR count). The summed E-state index contributed by atoms with van der Waals surface area (Å²) in [4.78, 5) is 23.7. The number of carbonyl (C=O) groups is 2. The average molecular weight is 392 g/mol. The Morgan fingerprint density at radius 1 is 1.41 bits per heavy atom. The molecular weight excluding hydrogens is 366 g/mol. The minimum atomic E-state index is -1.98. The number of rotatable bonds is 5. The van der Waals surface area contributed by atoms with Crippen LogP contribution in [-0.4, -0.2) is 32.9 Å². The van der Waals surface area contributed by atoms with Gasteiger partial charge in [0.2, 0.25) is 5.91 Å². The Labute approximate surface area is 142 Å². The molecule has 0 aromatic rings. The second kappa shape index (κ2) is 6.84. The van der Waals surface area contributed by atoms with Gasteiger partial charge in [0.15, 0.2) is 8.32 Å². The Kier molecular flexibility index (Phi) is 6.03. The van der Waals surface area contributed by atoms with Gasteiger partial charge in [-0.25, -0.2) is 4.79 Å². The van der Waals surface area contributed by atoms with Gasteiger partial charge >= 0.3 is 5.97 Å². The first-order valence-corrected chi connectivity index (χ1v) is 11.2. The Morgan fingerprint density at radius 3 is 2.36 bits per heavy atom. The summed E-state index contributed by atoms with van der Waals surface area (Å²) in [6.45, 7) is 14.6. The molecule has 0 radical (unpaired) electrons. The summed E-state index contributed by atoms with van der Waals surface area (Å²) in [7, 11) is -1.98. The minimum Gasteiger partial charge on any atom is -0.462 e. The molecule has 0 bridgehead atoms. The van der Waals surface area contributed by atoms with Crippen LogP contribution in [0, 0.1) is 5.92 Å². The molecule has 126 valence electrons. The Hall–Kier alpha value is -0.663. The maximum Gasteiger partial charge on any atom is 0.347 e. The summed E-state index contributed by atoms with van der Waals surface area (Å²) in [5.41, 5.74) is 0.551. The number of halogens is 1. The van der Waals surface area contributed by atoms with Crippen molar-refractivity contribution in [1.29, 1.82) is 0 Å². The van der Waals surface area contributed by atoms with E-state index in [0.717, 1.165) is 0 Å².